The van der Waals surface area contributed by atoms with Crippen LogP contribution in [-0.2, 0) is 14.3 Å². The minimum absolute atomic E-state index is 0.141. The molecule has 0 bridgehead atoms. The maximum Gasteiger partial charge on any atom is 0.307 e. The van der Waals surface area contributed by atoms with Gasteiger partial charge in [0.25, 0.3) is 0 Å². The third-order valence-electron chi connectivity index (χ3n) is 2.38. The van der Waals surface area contributed by atoms with Crippen LogP contribution in [0.5, 0.6) is 0 Å². The van der Waals surface area contributed by atoms with Crippen LogP contribution in [0.1, 0.15) is 20.3 Å². The van der Waals surface area contributed by atoms with Gasteiger partial charge in [0.15, 0.2) is 0 Å². The molecular formula is C10H18N2O3S. The molecule has 0 aliphatic carbocycles. The Kier molecular flexibility index (Phi) is 5.37. The Labute approximate surface area is 101 Å². The number of carbonyl (C=O) groups excluding carboxylic acids is 2. The van der Waals surface area contributed by atoms with Crippen molar-refractivity contribution < 1.29 is 14.3 Å². The van der Waals surface area contributed by atoms with Crippen molar-refractivity contribution in [3.8, 4) is 0 Å². The zero-order chi connectivity index (χ0) is 12.9. The van der Waals surface area contributed by atoms with E-state index < -0.39 is 5.41 Å². The molecule has 5 nitrogen and oxygen atoms in total. The molecule has 0 aromatic rings. The molecule has 0 saturated carbocycles. The topological polar surface area (TPSA) is 72.6 Å². The summed E-state index contributed by atoms with van der Waals surface area (Å²) in [5.74, 6) is -0.559. The zero-order valence-corrected chi connectivity index (χ0v) is 10.9. The summed E-state index contributed by atoms with van der Waals surface area (Å²) in [6.45, 7) is 3.61. The summed E-state index contributed by atoms with van der Waals surface area (Å²) < 4.78 is 4.49. The number of hydrogen-bond acceptors (Lipinski definition) is 4. The van der Waals surface area contributed by atoms with Crippen LogP contribution in [0.4, 0.5) is 0 Å². The molecule has 16 heavy (non-hydrogen) atoms. The highest BCUT2D eigenvalue weighted by atomic mass is 32.1. The first-order valence-electron chi connectivity index (χ1n) is 4.85. The number of carbonyl (C=O) groups is 2. The second-order valence-corrected chi connectivity index (χ2v) is 4.48. The number of methoxy groups -OCH3 is 1. The molecule has 0 rings (SSSR count). The number of nitrogens with two attached hydrogens (primary N) is 1. The van der Waals surface area contributed by atoms with Gasteiger partial charge in [0, 0.05) is 13.6 Å². The van der Waals surface area contributed by atoms with Crippen molar-refractivity contribution in [2.24, 2.45) is 11.1 Å². The fourth-order valence-electron chi connectivity index (χ4n) is 1.05. The normalized spacial score (nSPS) is 10.8. The first-order valence-corrected chi connectivity index (χ1v) is 5.26. The first-order chi connectivity index (χ1) is 7.23. The number of thiocarbonyl (C=S) groups is 1. The van der Waals surface area contributed by atoms with E-state index >= 15 is 0 Å². The Morgan fingerprint density at radius 2 is 1.94 bits per heavy atom. The van der Waals surface area contributed by atoms with Gasteiger partial charge in [-0.15, -0.1) is 0 Å². The van der Waals surface area contributed by atoms with E-state index in [1.54, 1.807) is 20.9 Å². The molecule has 0 spiro atoms. The largest absolute Gasteiger partial charge is 0.469 e. The van der Waals surface area contributed by atoms with Crippen LogP contribution in [0.3, 0.4) is 0 Å². The predicted molar refractivity (Wildman–Crippen MR) is 64.8 cm³/mol. The highest BCUT2D eigenvalue weighted by Crippen LogP contribution is 2.18. The highest BCUT2D eigenvalue weighted by Gasteiger charge is 2.33. The minimum Gasteiger partial charge on any atom is -0.469 e. The highest BCUT2D eigenvalue weighted by molar-refractivity contribution is 7.80. The molecule has 0 unspecified atom stereocenters. The number of nitrogens with zero attached hydrogens (tertiary/aromatic N) is 1. The molecule has 0 fully saturated rings. The number of rotatable bonds is 5. The van der Waals surface area contributed by atoms with Crippen molar-refractivity contribution in [2.45, 2.75) is 20.3 Å². The maximum absolute atomic E-state index is 11.9. The van der Waals surface area contributed by atoms with E-state index in [1.807, 2.05) is 0 Å². The maximum atomic E-state index is 11.9. The second-order valence-electron chi connectivity index (χ2n) is 4.04. The summed E-state index contributed by atoms with van der Waals surface area (Å²) >= 11 is 4.82. The summed E-state index contributed by atoms with van der Waals surface area (Å²) in [5.41, 5.74) is 4.59. The molecule has 1 amide bonds. The van der Waals surface area contributed by atoms with E-state index in [0.717, 1.165) is 0 Å². The lowest BCUT2D eigenvalue weighted by atomic mass is 9.92. The Morgan fingerprint density at radius 3 is 2.31 bits per heavy atom. The number of esters is 1. The third kappa shape index (κ3) is 3.77. The van der Waals surface area contributed by atoms with Gasteiger partial charge in [-0.05, 0) is 13.8 Å². The fourth-order valence-corrected chi connectivity index (χ4v) is 1.13. The number of amides is 1. The van der Waals surface area contributed by atoms with Crippen LogP contribution in [0.25, 0.3) is 0 Å². The van der Waals surface area contributed by atoms with Crippen molar-refractivity contribution in [1.29, 1.82) is 0 Å². The van der Waals surface area contributed by atoms with Crippen LogP contribution in [0.15, 0.2) is 0 Å². The van der Waals surface area contributed by atoms with Crippen molar-refractivity contribution in [3.05, 3.63) is 0 Å². The molecule has 0 saturated heterocycles. The van der Waals surface area contributed by atoms with Gasteiger partial charge in [0.05, 0.1) is 23.9 Å². The number of hydrogen-bond donors (Lipinski definition) is 1. The molecule has 0 aromatic heterocycles. The van der Waals surface area contributed by atoms with Gasteiger partial charge in [-0.3, -0.25) is 9.59 Å². The van der Waals surface area contributed by atoms with Crippen LogP contribution in [0, 0.1) is 5.41 Å². The van der Waals surface area contributed by atoms with Gasteiger partial charge < -0.3 is 15.4 Å². The molecule has 0 aromatic carbocycles. The summed E-state index contributed by atoms with van der Waals surface area (Å²) in [6.07, 6.45) is 0.159. The van der Waals surface area contributed by atoms with Crippen LogP contribution < -0.4 is 5.73 Å². The third-order valence-corrected chi connectivity index (χ3v) is 2.89. The summed E-state index contributed by atoms with van der Waals surface area (Å²) in [7, 11) is 2.91. The van der Waals surface area contributed by atoms with E-state index in [2.05, 4.69) is 4.74 Å². The summed E-state index contributed by atoms with van der Waals surface area (Å²) in [4.78, 5) is 24.4. The smallest absolute Gasteiger partial charge is 0.307 e. The molecule has 0 heterocycles. The van der Waals surface area contributed by atoms with Crippen LogP contribution in [0.2, 0.25) is 0 Å². The van der Waals surface area contributed by atoms with E-state index in [-0.39, 0.29) is 29.8 Å². The van der Waals surface area contributed by atoms with E-state index in [4.69, 9.17) is 18.0 Å². The molecule has 0 aliphatic heterocycles. The average molecular weight is 246 g/mol. The Hall–Kier alpha value is -1.17. The SMILES string of the molecule is COC(=O)CCN(C)C(=O)C(C)(C)C(N)=S. The van der Waals surface area contributed by atoms with Crippen molar-refractivity contribution in [1.82, 2.24) is 4.90 Å². The number of ether oxygens (including phenoxy) is 1. The van der Waals surface area contributed by atoms with Crippen LogP contribution in [-0.4, -0.2) is 42.5 Å². The molecule has 92 valence electrons. The molecule has 6 heteroatoms. The van der Waals surface area contributed by atoms with Crippen molar-refractivity contribution >= 4 is 29.1 Å². The molecule has 0 atom stereocenters. The van der Waals surface area contributed by atoms with Crippen LogP contribution >= 0.6 is 12.2 Å². The summed E-state index contributed by atoms with van der Waals surface area (Å²) in [6, 6.07) is 0. The van der Waals surface area contributed by atoms with Gasteiger partial charge >= 0.3 is 5.97 Å². The molecule has 0 radical (unpaired) electrons. The lowest BCUT2D eigenvalue weighted by Crippen LogP contribution is -2.46. The van der Waals surface area contributed by atoms with Gasteiger partial charge in [-0.25, -0.2) is 0 Å². The fraction of sp³-hybridized carbons (Fsp3) is 0.700. The predicted octanol–water partition coefficient (Wildman–Crippen LogP) is 0.320. The molecular weight excluding hydrogens is 228 g/mol. The quantitative estimate of drug-likeness (QED) is 0.558. The second kappa shape index (κ2) is 5.79. The lowest BCUT2D eigenvalue weighted by molar-refractivity contribution is -0.142. The minimum atomic E-state index is -0.889. The average Bonchev–Trinajstić information content (AvgIpc) is 2.23. The Balaban J connectivity index is 4.40. The van der Waals surface area contributed by atoms with E-state index in [1.165, 1.54) is 12.0 Å². The van der Waals surface area contributed by atoms with Gasteiger partial charge in [-0.1, -0.05) is 12.2 Å². The zero-order valence-electron chi connectivity index (χ0n) is 10.1. The molecule has 2 N–H and O–H groups in total. The van der Waals surface area contributed by atoms with Gasteiger partial charge in [0.1, 0.15) is 0 Å². The monoisotopic (exact) mass is 246 g/mol. The van der Waals surface area contributed by atoms with E-state index in [0.29, 0.717) is 0 Å². The van der Waals surface area contributed by atoms with Gasteiger partial charge in [0.2, 0.25) is 5.91 Å². The Morgan fingerprint density at radius 1 is 1.44 bits per heavy atom. The lowest BCUT2D eigenvalue weighted by Gasteiger charge is -2.28. The Bertz CT molecular complexity index is 302. The molecule has 0 aliphatic rings. The van der Waals surface area contributed by atoms with Crippen molar-refractivity contribution in [3.63, 3.8) is 0 Å². The standard InChI is InChI=1S/C10H18N2O3S/c1-10(2,8(11)16)9(14)12(3)6-5-7(13)15-4/h5-6H2,1-4H3,(H2,11,16). The van der Waals surface area contributed by atoms with Crippen molar-refractivity contribution in [2.75, 3.05) is 20.7 Å². The summed E-state index contributed by atoms with van der Waals surface area (Å²) in [5, 5.41) is 0. The first kappa shape index (κ1) is 14.8. The van der Waals surface area contributed by atoms with Gasteiger partial charge in [-0.2, -0.15) is 0 Å². The van der Waals surface area contributed by atoms with E-state index in [9.17, 15) is 9.59 Å².